The molecule has 1 aromatic rings. The van der Waals surface area contributed by atoms with Crippen LogP contribution in [0.4, 0.5) is 5.69 Å². The molecule has 132 valence electrons. The molecule has 1 fully saturated rings. The summed E-state index contributed by atoms with van der Waals surface area (Å²) in [5.74, 6) is 1.74. The van der Waals surface area contributed by atoms with Crippen molar-refractivity contribution in [2.45, 2.75) is 46.1 Å². The molecule has 0 saturated carbocycles. The predicted molar refractivity (Wildman–Crippen MR) is 100 cm³/mol. The van der Waals surface area contributed by atoms with Gasteiger partial charge >= 0.3 is 0 Å². The Morgan fingerprint density at radius 2 is 1.92 bits per heavy atom. The molecule has 0 radical (unpaired) electrons. The summed E-state index contributed by atoms with van der Waals surface area (Å²) in [7, 11) is 1.80. The zero-order chi connectivity index (χ0) is 17.4. The van der Waals surface area contributed by atoms with Crippen LogP contribution in [0.3, 0.4) is 0 Å². The Bertz CT molecular complexity index is 549. The van der Waals surface area contributed by atoms with Gasteiger partial charge in [0.15, 0.2) is 5.96 Å². The highest BCUT2D eigenvalue weighted by Gasteiger charge is 2.21. The summed E-state index contributed by atoms with van der Waals surface area (Å²) in [4.78, 5) is 17.9. The number of hydrogen-bond acceptors (Lipinski definition) is 2. The first-order valence-corrected chi connectivity index (χ1v) is 9.01. The number of guanidine groups is 1. The topological polar surface area (TPSA) is 56.7 Å². The SMILES string of the molecule is CCC(CC)CNC(=NC)NCc1ccc(N2CCCC2=O)cc1. The van der Waals surface area contributed by atoms with Crippen LogP contribution in [-0.4, -0.2) is 32.0 Å². The lowest BCUT2D eigenvalue weighted by molar-refractivity contribution is -0.117. The van der Waals surface area contributed by atoms with E-state index in [4.69, 9.17) is 0 Å². The molecule has 1 heterocycles. The molecule has 2 N–H and O–H groups in total. The molecule has 0 atom stereocenters. The summed E-state index contributed by atoms with van der Waals surface area (Å²) in [6.07, 6.45) is 3.98. The first kappa shape index (κ1) is 18.3. The first-order valence-electron chi connectivity index (χ1n) is 9.01. The molecule has 0 bridgehead atoms. The Hall–Kier alpha value is -2.04. The molecule has 1 aromatic carbocycles. The second-order valence-corrected chi connectivity index (χ2v) is 6.30. The minimum absolute atomic E-state index is 0.229. The number of nitrogens with zero attached hydrogens (tertiary/aromatic N) is 2. The zero-order valence-corrected chi connectivity index (χ0v) is 15.1. The Balaban J connectivity index is 1.83. The number of amides is 1. The smallest absolute Gasteiger partial charge is 0.227 e. The molecule has 0 unspecified atom stereocenters. The molecule has 5 nitrogen and oxygen atoms in total. The fourth-order valence-electron chi connectivity index (χ4n) is 2.94. The van der Waals surface area contributed by atoms with Crippen molar-refractivity contribution < 1.29 is 4.79 Å². The maximum Gasteiger partial charge on any atom is 0.227 e. The van der Waals surface area contributed by atoms with Gasteiger partial charge in [0.2, 0.25) is 5.91 Å². The van der Waals surface area contributed by atoms with Crippen molar-refractivity contribution in [2.24, 2.45) is 10.9 Å². The van der Waals surface area contributed by atoms with Gasteiger partial charge in [0, 0.05) is 38.8 Å². The van der Waals surface area contributed by atoms with Crippen molar-refractivity contribution in [2.75, 3.05) is 25.0 Å². The van der Waals surface area contributed by atoms with Crippen molar-refractivity contribution in [3.8, 4) is 0 Å². The lowest BCUT2D eigenvalue weighted by atomic mass is 10.0. The summed E-state index contributed by atoms with van der Waals surface area (Å²) < 4.78 is 0. The number of nitrogens with one attached hydrogen (secondary N) is 2. The van der Waals surface area contributed by atoms with Crippen LogP contribution in [0, 0.1) is 5.92 Å². The average Bonchev–Trinajstić information content (AvgIpc) is 3.05. The van der Waals surface area contributed by atoms with E-state index in [9.17, 15) is 4.79 Å². The molecule has 5 heteroatoms. The van der Waals surface area contributed by atoms with E-state index in [0.717, 1.165) is 37.7 Å². The fraction of sp³-hybridized carbons (Fsp3) is 0.579. The summed E-state index contributed by atoms with van der Waals surface area (Å²) in [5.41, 5.74) is 2.17. The standard InChI is InChI=1S/C19H30N4O/c1-4-15(5-2)13-21-19(20-3)22-14-16-8-10-17(11-9-16)23-12-6-7-18(23)24/h8-11,15H,4-7,12-14H2,1-3H3,(H2,20,21,22). The van der Waals surface area contributed by atoms with E-state index in [-0.39, 0.29) is 5.91 Å². The van der Waals surface area contributed by atoms with E-state index in [1.807, 2.05) is 17.0 Å². The molecule has 1 aliphatic heterocycles. The second kappa shape index (κ2) is 9.30. The third-order valence-corrected chi connectivity index (χ3v) is 4.72. The molecular formula is C19H30N4O. The largest absolute Gasteiger partial charge is 0.356 e. The first-order chi connectivity index (χ1) is 11.7. The van der Waals surface area contributed by atoms with Crippen molar-refractivity contribution in [3.63, 3.8) is 0 Å². The van der Waals surface area contributed by atoms with Gasteiger partial charge in [0.25, 0.3) is 0 Å². The maximum atomic E-state index is 11.8. The third-order valence-electron chi connectivity index (χ3n) is 4.72. The van der Waals surface area contributed by atoms with Gasteiger partial charge < -0.3 is 15.5 Å². The Morgan fingerprint density at radius 3 is 2.46 bits per heavy atom. The van der Waals surface area contributed by atoms with E-state index in [1.54, 1.807) is 7.05 Å². The van der Waals surface area contributed by atoms with Gasteiger partial charge in [0.1, 0.15) is 0 Å². The van der Waals surface area contributed by atoms with Gasteiger partial charge in [-0.1, -0.05) is 38.8 Å². The quantitative estimate of drug-likeness (QED) is 0.597. The van der Waals surface area contributed by atoms with Gasteiger partial charge in [-0.15, -0.1) is 0 Å². The summed E-state index contributed by atoms with van der Waals surface area (Å²) in [6, 6.07) is 8.20. The number of carbonyl (C=O) groups excluding carboxylic acids is 1. The minimum Gasteiger partial charge on any atom is -0.356 e. The highest BCUT2D eigenvalue weighted by molar-refractivity contribution is 5.95. The van der Waals surface area contributed by atoms with Crippen molar-refractivity contribution in [3.05, 3.63) is 29.8 Å². The van der Waals surface area contributed by atoms with Crippen molar-refractivity contribution >= 4 is 17.6 Å². The number of anilines is 1. The van der Waals surface area contributed by atoms with Crippen LogP contribution in [0.5, 0.6) is 0 Å². The third kappa shape index (κ3) is 4.98. The van der Waals surface area contributed by atoms with Gasteiger partial charge in [-0.3, -0.25) is 9.79 Å². The summed E-state index contributed by atoms with van der Waals surface area (Å²) in [6.45, 7) is 6.94. The van der Waals surface area contributed by atoms with Crippen LogP contribution in [-0.2, 0) is 11.3 Å². The zero-order valence-electron chi connectivity index (χ0n) is 15.1. The van der Waals surface area contributed by atoms with E-state index < -0.39 is 0 Å². The molecule has 2 rings (SSSR count). The number of benzene rings is 1. The monoisotopic (exact) mass is 330 g/mol. The predicted octanol–water partition coefficient (Wildman–Crippen LogP) is 2.91. The lowest BCUT2D eigenvalue weighted by Crippen LogP contribution is -2.39. The number of aliphatic imine (C=N–C) groups is 1. The van der Waals surface area contributed by atoms with E-state index >= 15 is 0 Å². The molecule has 0 aliphatic carbocycles. The fourth-order valence-corrected chi connectivity index (χ4v) is 2.94. The minimum atomic E-state index is 0.229. The molecule has 0 aromatic heterocycles. The molecular weight excluding hydrogens is 300 g/mol. The summed E-state index contributed by atoms with van der Waals surface area (Å²) in [5, 5.41) is 6.73. The average molecular weight is 330 g/mol. The second-order valence-electron chi connectivity index (χ2n) is 6.30. The molecule has 1 amide bonds. The molecule has 0 spiro atoms. The Kier molecular flexibility index (Phi) is 7.09. The number of rotatable bonds is 7. The van der Waals surface area contributed by atoms with Crippen LogP contribution < -0.4 is 15.5 Å². The highest BCUT2D eigenvalue weighted by atomic mass is 16.2. The Morgan fingerprint density at radius 1 is 1.21 bits per heavy atom. The normalized spacial score (nSPS) is 15.2. The molecule has 1 saturated heterocycles. The molecule has 24 heavy (non-hydrogen) atoms. The Labute approximate surface area is 145 Å². The van der Waals surface area contributed by atoms with Crippen LogP contribution in [0.25, 0.3) is 0 Å². The van der Waals surface area contributed by atoms with E-state index in [2.05, 4.69) is 41.6 Å². The van der Waals surface area contributed by atoms with Gasteiger partial charge in [-0.25, -0.2) is 0 Å². The lowest BCUT2D eigenvalue weighted by Gasteiger charge is -2.18. The molecule has 1 aliphatic rings. The van der Waals surface area contributed by atoms with Crippen LogP contribution in [0.1, 0.15) is 45.1 Å². The van der Waals surface area contributed by atoms with Crippen LogP contribution in [0.2, 0.25) is 0 Å². The maximum absolute atomic E-state index is 11.8. The van der Waals surface area contributed by atoms with Gasteiger partial charge in [-0.05, 0) is 30.0 Å². The highest BCUT2D eigenvalue weighted by Crippen LogP contribution is 2.21. The van der Waals surface area contributed by atoms with Crippen molar-refractivity contribution in [1.29, 1.82) is 0 Å². The van der Waals surface area contributed by atoms with Crippen molar-refractivity contribution in [1.82, 2.24) is 10.6 Å². The summed E-state index contributed by atoms with van der Waals surface area (Å²) >= 11 is 0. The van der Waals surface area contributed by atoms with Crippen LogP contribution >= 0.6 is 0 Å². The van der Waals surface area contributed by atoms with Crippen LogP contribution in [0.15, 0.2) is 29.3 Å². The van der Waals surface area contributed by atoms with E-state index in [0.29, 0.717) is 12.3 Å². The van der Waals surface area contributed by atoms with E-state index in [1.165, 1.54) is 18.4 Å². The number of hydrogen-bond donors (Lipinski definition) is 2. The number of carbonyl (C=O) groups is 1. The van der Waals surface area contributed by atoms with Gasteiger partial charge in [-0.2, -0.15) is 0 Å². The van der Waals surface area contributed by atoms with Gasteiger partial charge in [0.05, 0.1) is 0 Å².